The fourth-order valence-electron chi connectivity index (χ4n) is 3.27. The van der Waals surface area contributed by atoms with Gasteiger partial charge in [0.2, 0.25) is 5.91 Å². The number of anilines is 2. The summed E-state index contributed by atoms with van der Waals surface area (Å²) < 4.78 is 5.57. The number of aromatic amines is 1. The lowest BCUT2D eigenvalue weighted by Gasteiger charge is -2.25. The van der Waals surface area contributed by atoms with Gasteiger partial charge in [0.25, 0.3) is 0 Å². The van der Waals surface area contributed by atoms with E-state index in [1.54, 1.807) is 18.5 Å². The molecular formula is C23H22N4O2. The number of amides is 1. The van der Waals surface area contributed by atoms with E-state index >= 15 is 0 Å². The predicted octanol–water partition coefficient (Wildman–Crippen LogP) is 4.40. The van der Waals surface area contributed by atoms with E-state index in [0.29, 0.717) is 18.7 Å². The third-order valence-corrected chi connectivity index (χ3v) is 4.75. The zero-order valence-electron chi connectivity index (χ0n) is 16.1. The van der Waals surface area contributed by atoms with Gasteiger partial charge in [0.05, 0.1) is 24.0 Å². The molecule has 0 aliphatic rings. The van der Waals surface area contributed by atoms with Crippen LogP contribution < -0.4 is 15.4 Å². The van der Waals surface area contributed by atoms with Crippen molar-refractivity contribution in [1.82, 2.24) is 9.97 Å². The van der Waals surface area contributed by atoms with E-state index in [4.69, 9.17) is 10.5 Å². The molecule has 0 radical (unpaired) electrons. The Morgan fingerprint density at radius 2 is 1.76 bits per heavy atom. The van der Waals surface area contributed by atoms with Crippen molar-refractivity contribution in [2.75, 3.05) is 11.5 Å². The van der Waals surface area contributed by atoms with Crippen molar-refractivity contribution in [3.63, 3.8) is 0 Å². The van der Waals surface area contributed by atoms with Crippen molar-refractivity contribution in [3.8, 4) is 5.75 Å². The number of nitrogens with zero attached hydrogens (tertiary/aromatic N) is 2. The number of rotatable bonds is 7. The van der Waals surface area contributed by atoms with Crippen LogP contribution in [0, 0.1) is 0 Å². The largest absolute Gasteiger partial charge is 0.494 e. The molecule has 1 amide bonds. The number of H-pyrrole nitrogens is 1. The van der Waals surface area contributed by atoms with E-state index in [9.17, 15) is 4.79 Å². The molecule has 29 heavy (non-hydrogen) atoms. The Kier molecular flexibility index (Phi) is 5.16. The number of nitrogens with one attached hydrogen (secondary N) is 1. The summed E-state index contributed by atoms with van der Waals surface area (Å²) in [4.78, 5) is 21.0. The Morgan fingerprint density at radius 3 is 2.45 bits per heavy atom. The fraction of sp³-hybridized carbons (Fsp3) is 0.130. The number of carbonyl (C=O) groups excluding carboxylic acids is 1. The zero-order chi connectivity index (χ0) is 20.2. The van der Waals surface area contributed by atoms with Crippen LogP contribution in [0.1, 0.15) is 22.8 Å². The highest BCUT2D eigenvalue weighted by Gasteiger charge is 2.13. The van der Waals surface area contributed by atoms with Crippen LogP contribution >= 0.6 is 0 Å². The van der Waals surface area contributed by atoms with Crippen LogP contribution in [0.25, 0.3) is 11.0 Å². The SMILES string of the molecule is CCOc1ccc(N(Cc2ccc(C(N)=O)cc2)c2ccc3nc[nH]c3c2)cc1. The molecule has 4 aromatic rings. The van der Waals surface area contributed by atoms with E-state index < -0.39 is 5.91 Å². The molecule has 0 bridgehead atoms. The standard InChI is InChI=1S/C23H22N4O2/c1-2-29-20-10-7-18(8-11-20)27(14-16-3-5-17(6-4-16)23(24)28)19-9-12-21-22(13-19)26-15-25-21/h3-13,15H,2,14H2,1H3,(H2,24,28)(H,25,26). The number of aromatic nitrogens is 2. The van der Waals surface area contributed by atoms with Gasteiger partial charge in [0, 0.05) is 23.5 Å². The second-order valence-electron chi connectivity index (χ2n) is 6.68. The van der Waals surface area contributed by atoms with Crippen molar-refractivity contribution in [2.24, 2.45) is 5.73 Å². The van der Waals surface area contributed by atoms with Gasteiger partial charge in [-0.1, -0.05) is 12.1 Å². The molecule has 6 heteroatoms. The maximum absolute atomic E-state index is 11.4. The minimum atomic E-state index is -0.426. The van der Waals surface area contributed by atoms with Crippen molar-refractivity contribution in [3.05, 3.63) is 84.2 Å². The molecule has 0 atom stereocenters. The number of ether oxygens (including phenoxy) is 1. The minimum Gasteiger partial charge on any atom is -0.494 e. The molecule has 0 saturated carbocycles. The summed E-state index contributed by atoms with van der Waals surface area (Å²) in [7, 11) is 0. The fourth-order valence-corrected chi connectivity index (χ4v) is 3.27. The first-order valence-corrected chi connectivity index (χ1v) is 9.46. The van der Waals surface area contributed by atoms with E-state index in [-0.39, 0.29) is 0 Å². The van der Waals surface area contributed by atoms with Crippen molar-refractivity contribution in [2.45, 2.75) is 13.5 Å². The molecule has 1 heterocycles. The molecule has 0 aliphatic heterocycles. The van der Waals surface area contributed by atoms with Crippen molar-refractivity contribution >= 4 is 28.3 Å². The zero-order valence-corrected chi connectivity index (χ0v) is 16.1. The number of nitrogens with two attached hydrogens (primary N) is 1. The van der Waals surface area contributed by atoms with Gasteiger partial charge < -0.3 is 20.4 Å². The van der Waals surface area contributed by atoms with Crippen molar-refractivity contribution in [1.29, 1.82) is 0 Å². The third kappa shape index (κ3) is 4.06. The van der Waals surface area contributed by atoms with Crippen LogP contribution in [0.3, 0.4) is 0 Å². The molecule has 0 spiro atoms. The number of imidazole rings is 1. The average molecular weight is 386 g/mol. The topological polar surface area (TPSA) is 84.2 Å². The normalized spacial score (nSPS) is 10.8. The monoisotopic (exact) mass is 386 g/mol. The summed E-state index contributed by atoms with van der Waals surface area (Å²) in [5, 5.41) is 0. The first-order valence-electron chi connectivity index (χ1n) is 9.46. The van der Waals surface area contributed by atoms with Crippen LogP contribution in [0.5, 0.6) is 5.75 Å². The molecule has 146 valence electrons. The Bertz CT molecular complexity index is 1120. The molecule has 0 aliphatic carbocycles. The maximum Gasteiger partial charge on any atom is 0.248 e. The van der Waals surface area contributed by atoms with E-state index in [2.05, 4.69) is 27.0 Å². The van der Waals surface area contributed by atoms with Crippen LogP contribution in [0.15, 0.2) is 73.1 Å². The van der Waals surface area contributed by atoms with Crippen LogP contribution in [0.4, 0.5) is 11.4 Å². The summed E-state index contributed by atoms with van der Waals surface area (Å²) in [5.74, 6) is 0.413. The average Bonchev–Trinajstić information content (AvgIpc) is 3.21. The van der Waals surface area contributed by atoms with Crippen LogP contribution in [0.2, 0.25) is 0 Å². The molecule has 1 aromatic heterocycles. The number of primary amides is 1. The number of hydrogen-bond donors (Lipinski definition) is 2. The minimum absolute atomic E-state index is 0.426. The highest BCUT2D eigenvalue weighted by molar-refractivity contribution is 5.92. The highest BCUT2D eigenvalue weighted by Crippen LogP contribution is 2.31. The van der Waals surface area contributed by atoms with Gasteiger partial charge in [-0.25, -0.2) is 4.98 Å². The molecule has 4 rings (SSSR count). The molecular weight excluding hydrogens is 364 g/mol. The summed E-state index contributed by atoms with van der Waals surface area (Å²) in [6.07, 6.45) is 1.69. The van der Waals surface area contributed by atoms with Gasteiger partial charge in [-0.05, 0) is 67.1 Å². The first-order chi connectivity index (χ1) is 14.1. The van der Waals surface area contributed by atoms with Crippen LogP contribution in [-0.2, 0) is 6.54 Å². The van der Waals surface area contributed by atoms with E-state index in [0.717, 1.165) is 33.7 Å². The van der Waals surface area contributed by atoms with Gasteiger partial charge in [0.1, 0.15) is 5.75 Å². The first kappa shape index (κ1) is 18.6. The maximum atomic E-state index is 11.4. The van der Waals surface area contributed by atoms with Gasteiger partial charge in [-0.3, -0.25) is 4.79 Å². The number of carbonyl (C=O) groups is 1. The van der Waals surface area contributed by atoms with Gasteiger partial charge in [0.15, 0.2) is 0 Å². The predicted molar refractivity (Wildman–Crippen MR) is 115 cm³/mol. The second kappa shape index (κ2) is 8.06. The van der Waals surface area contributed by atoms with E-state index in [1.807, 2.05) is 49.4 Å². The molecule has 0 unspecified atom stereocenters. The van der Waals surface area contributed by atoms with Crippen LogP contribution in [-0.4, -0.2) is 22.5 Å². The number of benzene rings is 3. The van der Waals surface area contributed by atoms with E-state index in [1.165, 1.54) is 0 Å². The quantitative estimate of drug-likeness (QED) is 0.493. The highest BCUT2D eigenvalue weighted by atomic mass is 16.5. The lowest BCUT2D eigenvalue weighted by atomic mass is 10.1. The molecule has 3 N–H and O–H groups in total. The summed E-state index contributed by atoms with van der Waals surface area (Å²) in [6, 6.07) is 21.5. The van der Waals surface area contributed by atoms with Gasteiger partial charge in [-0.2, -0.15) is 0 Å². The van der Waals surface area contributed by atoms with Gasteiger partial charge in [-0.15, -0.1) is 0 Å². The molecule has 6 nitrogen and oxygen atoms in total. The molecule has 3 aromatic carbocycles. The Labute approximate surface area is 168 Å². The summed E-state index contributed by atoms with van der Waals surface area (Å²) in [6.45, 7) is 3.23. The van der Waals surface area contributed by atoms with Crippen molar-refractivity contribution < 1.29 is 9.53 Å². The Balaban J connectivity index is 1.70. The Morgan fingerprint density at radius 1 is 1.03 bits per heavy atom. The summed E-state index contributed by atoms with van der Waals surface area (Å²) in [5.41, 5.74) is 10.9. The number of fused-ring (bicyclic) bond motifs is 1. The third-order valence-electron chi connectivity index (χ3n) is 4.75. The lowest BCUT2D eigenvalue weighted by molar-refractivity contribution is 0.100. The molecule has 0 saturated heterocycles. The molecule has 0 fully saturated rings. The second-order valence-corrected chi connectivity index (χ2v) is 6.68. The van der Waals surface area contributed by atoms with Gasteiger partial charge >= 0.3 is 0 Å². The number of hydrogen-bond acceptors (Lipinski definition) is 4. The lowest BCUT2D eigenvalue weighted by Crippen LogP contribution is -2.17. The summed E-state index contributed by atoms with van der Waals surface area (Å²) >= 11 is 0. The smallest absolute Gasteiger partial charge is 0.248 e. The Hall–Kier alpha value is -3.80.